The number of aromatic carboxylic acids is 1. The normalized spacial score (nSPS) is 11.0. The zero-order valence-corrected chi connectivity index (χ0v) is 10.8. The van der Waals surface area contributed by atoms with Gasteiger partial charge in [-0.3, -0.25) is 0 Å². The van der Waals surface area contributed by atoms with Crippen LogP contribution < -0.4 is 5.32 Å². The van der Waals surface area contributed by atoms with Crippen LogP contribution in [0.25, 0.3) is 10.9 Å². The van der Waals surface area contributed by atoms with Gasteiger partial charge in [-0.2, -0.15) is 0 Å². The molecular weight excluding hydrogens is 240 g/mol. The molecule has 0 aliphatic carbocycles. The summed E-state index contributed by atoms with van der Waals surface area (Å²) < 4.78 is 0. The number of rotatable bonds is 3. The molecule has 0 amide bonds. The second-order valence-electron chi connectivity index (χ2n) is 4.78. The number of nitrogens with one attached hydrogen (secondary N) is 1. The molecule has 0 spiro atoms. The third-order valence-electron chi connectivity index (χ3n) is 2.75. The van der Waals surface area contributed by atoms with Gasteiger partial charge >= 0.3 is 5.97 Å². The number of hydrogen-bond acceptors (Lipinski definition) is 3. The molecular formula is C15H14N2O2. The van der Waals surface area contributed by atoms with Gasteiger partial charge in [0.2, 0.25) is 0 Å². The van der Waals surface area contributed by atoms with Crippen molar-refractivity contribution in [2.75, 3.05) is 5.32 Å². The summed E-state index contributed by atoms with van der Waals surface area (Å²) in [6, 6.07) is 8.94. The molecule has 2 rings (SSSR count). The molecule has 0 atom stereocenters. The van der Waals surface area contributed by atoms with Crippen molar-refractivity contribution in [3.05, 3.63) is 35.9 Å². The molecule has 0 saturated heterocycles. The number of benzene rings is 1. The molecule has 0 bridgehead atoms. The molecule has 0 aliphatic heterocycles. The van der Waals surface area contributed by atoms with E-state index in [1.807, 2.05) is 24.3 Å². The fourth-order valence-corrected chi connectivity index (χ4v) is 1.71. The van der Waals surface area contributed by atoms with Gasteiger partial charge in [0, 0.05) is 5.39 Å². The molecule has 96 valence electrons. The fraction of sp³-hybridized carbons (Fsp3) is 0.200. The van der Waals surface area contributed by atoms with E-state index in [1.165, 1.54) is 0 Å². The number of carbonyl (C=O) groups is 1. The lowest BCUT2D eigenvalue weighted by molar-refractivity contribution is 0.0697. The highest BCUT2D eigenvalue weighted by atomic mass is 16.4. The third-order valence-corrected chi connectivity index (χ3v) is 2.75. The molecule has 2 N–H and O–H groups in total. The van der Waals surface area contributed by atoms with Crippen molar-refractivity contribution in [3.63, 3.8) is 0 Å². The lowest BCUT2D eigenvalue weighted by Crippen LogP contribution is -2.30. The number of carboxylic acids is 1. The Morgan fingerprint density at radius 3 is 2.74 bits per heavy atom. The van der Waals surface area contributed by atoms with Crippen molar-refractivity contribution in [3.8, 4) is 12.3 Å². The number of nitrogens with zero attached hydrogens (tertiary/aromatic N) is 1. The highest BCUT2D eigenvalue weighted by Crippen LogP contribution is 2.23. The van der Waals surface area contributed by atoms with Crippen molar-refractivity contribution < 1.29 is 9.90 Å². The topological polar surface area (TPSA) is 62.2 Å². The number of carboxylic acid groups (broad SMARTS) is 1. The first kappa shape index (κ1) is 12.9. The van der Waals surface area contributed by atoms with Crippen LogP contribution in [0.2, 0.25) is 0 Å². The maximum atomic E-state index is 11.3. The van der Waals surface area contributed by atoms with Gasteiger partial charge in [-0.05, 0) is 26.0 Å². The monoisotopic (exact) mass is 254 g/mol. The smallest absolute Gasteiger partial charge is 0.339 e. The molecule has 1 aromatic heterocycles. The zero-order chi connectivity index (χ0) is 14.0. The second-order valence-corrected chi connectivity index (χ2v) is 4.78. The van der Waals surface area contributed by atoms with Crippen LogP contribution in [0.5, 0.6) is 0 Å². The molecule has 0 fully saturated rings. The molecule has 4 heteroatoms. The Morgan fingerprint density at radius 2 is 2.11 bits per heavy atom. The van der Waals surface area contributed by atoms with Crippen molar-refractivity contribution in [2.45, 2.75) is 19.4 Å². The van der Waals surface area contributed by atoms with E-state index in [1.54, 1.807) is 19.9 Å². The van der Waals surface area contributed by atoms with Crippen LogP contribution in [0.3, 0.4) is 0 Å². The Bertz CT molecular complexity index is 684. The molecule has 0 aliphatic rings. The molecule has 2 aromatic rings. The lowest BCUT2D eigenvalue weighted by Gasteiger charge is -2.21. The van der Waals surface area contributed by atoms with Gasteiger partial charge in [0.05, 0.1) is 11.1 Å². The van der Waals surface area contributed by atoms with E-state index >= 15 is 0 Å². The maximum Gasteiger partial charge on any atom is 0.339 e. The summed E-state index contributed by atoms with van der Waals surface area (Å²) in [7, 11) is 0. The minimum atomic E-state index is -1.03. The Balaban J connectivity index is 2.61. The minimum Gasteiger partial charge on any atom is -0.478 e. The van der Waals surface area contributed by atoms with Gasteiger partial charge in [-0.1, -0.05) is 24.1 Å². The Morgan fingerprint density at radius 1 is 1.42 bits per heavy atom. The third kappa shape index (κ3) is 2.66. The Hall–Kier alpha value is -2.54. The average molecular weight is 254 g/mol. The summed E-state index contributed by atoms with van der Waals surface area (Å²) in [4.78, 5) is 15.7. The van der Waals surface area contributed by atoms with Crippen LogP contribution in [0.4, 0.5) is 5.82 Å². The first-order valence-electron chi connectivity index (χ1n) is 5.82. The fourth-order valence-electron chi connectivity index (χ4n) is 1.71. The van der Waals surface area contributed by atoms with Gasteiger partial charge in [0.15, 0.2) is 0 Å². The first-order chi connectivity index (χ1) is 8.93. The SMILES string of the molecule is C#CC(C)(C)Nc1nc2ccccc2cc1C(=O)O. The van der Waals surface area contributed by atoms with Crippen molar-refractivity contribution in [1.82, 2.24) is 4.98 Å². The number of anilines is 1. The van der Waals surface area contributed by atoms with Gasteiger partial charge in [-0.15, -0.1) is 6.42 Å². The standard InChI is InChI=1S/C15H14N2O2/c1-4-15(2,3)17-13-11(14(18)19)9-10-7-5-6-8-12(10)16-13/h1,5-9H,2-3H3,(H,16,17)(H,18,19). The molecule has 4 nitrogen and oxygen atoms in total. The van der Waals surface area contributed by atoms with E-state index in [2.05, 4.69) is 16.2 Å². The van der Waals surface area contributed by atoms with E-state index in [0.717, 1.165) is 10.9 Å². The van der Waals surface area contributed by atoms with Crippen LogP contribution in [0.1, 0.15) is 24.2 Å². The van der Waals surface area contributed by atoms with Crippen LogP contribution >= 0.6 is 0 Å². The van der Waals surface area contributed by atoms with Crippen molar-refractivity contribution in [1.29, 1.82) is 0 Å². The quantitative estimate of drug-likeness (QED) is 0.827. The number of aromatic nitrogens is 1. The lowest BCUT2D eigenvalue weighted by atomic mass is 10.1. The molecule has 0 saturated carbocycles. The highest BCUT2D eigenvalue weighted by molar-refractivity contribution is 5.98. The first-order valence-corrected chi connectivity index (χ1v) is 5.82. The van der Waals surface area contributed by atoms with Crippen LogP contribution in [-0.4, -0.2) is 21.6 Å². The van der Waals surface area contributed by atoms with Gasteiger partial charge in [0.1, 0.15) is 11.4 Å². The van der Waals surface area contributed by atoms with Gasteiger partial charge < -0.3 is 10.4 Å². The zero-order valence-electron chi connectivity index (χ0n) is 10.8. The van der Waals surface area contributed by atoms with E-state index in [9.17, 15) is 9.90 Å². The number of para-hydroxylation sites is 1. The van der Waals surface area contributed by atoms with Crippen molar-refractivity contribution >= 4 is 22.7 Å². The van der Waals surface area contributed by atoms with E-state index in [4.69, 9.17) is 6.42 Å². The second kappa shape index (κ2) is 4.62. The number of terminal acetylenes is 1. The molecule has 19 heavy (non-hydrogen) atoms. The van der Waals surface area contributed by atoms with Crippen molar-refractivity contribution in [2.24, 2.45) is 0 Å². The highest BCUT2D eigenvalue weighted by Gasteiger charge is 2.20. The predicted octanol–water partition coefficient (Wildman–Crippen LogP) is 2.76. The summed E-state index contributed by atoms with van der Waals surface area (Å²) in [6.45, 7) is 3.57. The molecule has 0 radical (unpaired) electrons. The Labute approximate surface area is 111 Å². The predicted molar refractivity (Wildman–Crippen MR) is 75.2 cm³/mol. The van der Waals surface area contributed by atoms with Gasteiger partial charge in [-0.25, -0.2) is 9.78 Å². The summed E-state index contributed by atoms with van der Waals surface area (Å²) in [5.74, 6) is 1.81. The van der Waals surface area contributed by atoms with Crippen LogP contribution in [0.15, 0.2) is 30.3 Å². The summed E-state index contributed by atoms with van der Waals surface area (Å²) in [5, 5.41) is 13.0. The summed E-state index contributed by atoms with van der Waals surface area (Å²) >= 11 is 0. The van der Waals surface area contributed by atoms with E-state index in [-0.39, 0.29) is 11.4 Å². The van der Waals surface area contributed by atoms with E-state index < -0.39 is 11.5 Å². The van der Waals surface area contributed by atoms with Crippen LogP contribution in [0, 0.1) is 12.3 Å². The minimum absolute atomic E-state index is 0.113. The van der Waals surface area contributed by atoms with E-state index in [0.29, 0.717) is 0 Å². The van der Waals surface area contributed by atoms with Crippen LogP contribution in [-0.2, 0) is 0 Å². The number of hydrogen-bond donors (Lipinski definition) is 2. The molecule has 1 aromatic carbocycles. The summed E-state index contributed by atoms with van der Waals surface area (Å²) in [6.07, 6.45) is 5.41. The average Bonchev–Trinajstić information content (AvgIpc) is 2.37. The number of pyridine rings is 1. The largest absolute Gasteiger partial charge is 0.478 e. The maximum absolute atomic E-state index is 11.3. The molecule has 0 unspecified atom stereocenters. The summed E-state index contributed by atoms with van der Waals surface area (Å²) in [5.41, 5.74) is 0.171. The number of fused-ring (bicyclic) bond motifs is 1. The Kier molecular flexibility index (Phi) is 3.14. The molecule has 1 heterocycles. The van der Waals surface area contributed by atoms with Gasteiger partial charge in [0.25, 0.3) is 0 Å².